The molecule has 7 nitrogen and oxygen atoms in total. The van der Waals surface area contributed by atoms with Crippen LogP contribution in [-0.4, -0.2) is 41.7 Å². The van der Waals surface area contributed by atoms with Crippen molar-refractivity contribution in [2.24, 2.45) is 10.2 Å². The van der Waals surface area contributed by atoms with Gasteiger partial charge >= 0.3 is 5.97 Å². The summed E-state index contributed by atoms with van der Waals surface area (Å²) in [4.78, 5) is 24.3. The van der Waals surface area contributed by atoms with Crippen LogP contribution in [0.3, 0.4) is 0 Å². The van der Waals surface area contributed by atoms with E-state index in [1.165, 1.54) is 18.2 Å². The number of rotatable bonds is 5. The molecule has 29 heavy (non-hydrogen) atoms. The molecule has 2 aromatic rings. The Morgan fingerprint density at radius 1 is 1.21 bits per heavy atom. The molecule has 0 aromatic heterocycles. The molecule has 0 radical (unpaired) electrons. The summed E-state index contributed by atoms with van der Waals surface area (Å²) >= 11 is 2.64. The lowest BCUT2D eigenvalue weighted by Gasteiger charge is -2.05. The molecule has 0 bridgehead atoms. The van der Waals surface area contributed by atoms with Crippen LogP contribution in [0.4, 0.5) is 0 Å². The highest BCUT2D eigenvalue weighted by molar-refractivity contribution is 8.18. The van der Waals surface area contributed by atoms with Gasteiger partial charge in [-0.05, 0) is 53.4 Å². The lowest BCUT2D eigenvalue weighted by Crippen LogP contribution is -2.19. The van der Waals surface area contributed by atoms with Crippen LogP contribution >= 0.6 is 23.5 Å². The van der Waals surface area contributed by atoms with E-state index in [4.69, 9.17) is 0 Å². The fraction of sp³-hybridized carbons (Fsp3) is 0.100. The molecular weight excluding hydrogens is 410 g/mol. The minimum atomic E-state index is -0.625. The first-order chi connectivity index (χ1) is 14.0. The zero-order valence-electron chi connectivity index (χ0n) is 15.6. The third-order valence-electron chi connectivity index (χ3n) is 3.90. The molecule has 0 aliphatic carbocycles. The molecule has 1 aliphatic heterocycles. The molecule has 0 saturated carbocycles. The van der Waals surface area contributed by atoms with Crippen molar-refractivity contribution >= 4 is 46.8 Å². The Kier molecular flexibility index (Phi) is 6.73. The Balaban J connectivity index is 1.71. The van der Waals surface area contributed by atoms with Crippen LogP contribution in [0, 0.1) is 0 Å². The predicted octanol–water partition coefficient (Wildman–Crippen LogP) is 3.39. The van der Waals surface area contributed by atoms with Crippen LogP contribution in [0.1, 0.15) is 5.56 Å². The van der Waals surface area contributed by atoms with E-state index in [0.717, 1.165) is 29.0 Å². The molecule has 2 aromatic carbocycles. The number of hydrogen-bond acceptors (Lipinski definition) is 8. The summed E-state index contributed by atoms with van der Waals surface area (Å²) in [5.41, 5.74) is 2.37. The van der Waals surface area contributed by atoms with Crippen molar-refractivity contribution in [2.75, 3.05) is 13.4 Å². The molecule has 0 atom stereocenters. The number of carbonyl (C=O) groups is 2. The first-order valence-electron chi connectivity index (χ1n) is 8.37. The monoisotopic (exact) mass is 427 g/mol. The van der Waals surface area contributed by atoms with Gasteiger partial charge in [-0.15, -0.1) is 16.9 Å². The Hall–Kier alpha value is -3.04. The molecule has 2 N–H and O–H groups in total. The second-order valence-corrected chi connectivity index (χ2v) is 7.65. The van der Waals surface area contributed by atoms with Gasteiger partial charge < -0.3 is 9.84 Å². The topological polar surface area (TPSA) is 100 Å². The average Bonchev–Trinajstić information content (AvgIpc) is 3.08. The van der Waals surface area contributed by atoms with E-state index in [2.05, 4.69) is 20.3 Å². The Labute approximate surface area is 176 Å². The van der Waals surface area contributed by atoms with Crippen molar-refractivity contribution in [3.63, 3.8) is 0 Å². The summed E-state index contributed by atoms with van der Waals surface area (Å²) in [6, 6.07) is 13.3. The number of methoxy groups -OCH3 is 1. The van der Waals surface area contributed by atoms with Crippen molar-refractivity contribution < 1.29 is 19.4 Å². The molecule has 9 heteroatoms. The van der Waals surface area contributed by atoms with E-state index >= 15 is 0 Å². The van der Waals surface area contributed by atoms with Crippen LogP contribution in [0.25, 0.3) is 11.1 Å². The molecule has 0 spiro atoms. The molecule has 148 valence electrons. The Bertz CT molecular complexity index is 1030. The second-order valence-electron chi connectivity index (χ2n) is 5.74. The maximum Gasteiger partial charge on any atom is 0.331 e. The molecule has 1 amide bonds. The third kappa shape index (κ3) is 5.27. The minimum absolute atomic E-state index is 0.0646. The number of aromatic hydroxyl groups is 1. The number of carbonyl (C=O) groups excluding carboxylic acids is 2. The standard InChI is InChI=1S/C20H17N3O4S2/c1-27-18(25)10-17-19(26)22-20(29-17)23-21-11-14-4-3-13(9-16(14)24)12-5-7-15(28-2)8-6-12/h3-11,24H,1-2H3,(H,22,23,26)/b17-10+,21-11?. The molecule has 1 aliphatic rings. The summed E-state index contributed by atoms with van der Waals surface area (Å²) in [7, 11) is 1.23. The normalized spacial score (nSPS) is 16.6. The number of phenols is 1. The van der Waals surface area contributed by atoms with Crippen molar-refractivity contribution in [1.29, 1.82) is 0 Å². The van der Waals surface area contributed by atoms with E-state index in [-0.39, 0.29) is 15.8 Å². The smallest absolute Gasteiger partial charge is 0.331 e. The number of esters is 1. The zero-order valence-corrected chi connectivity index (χ0v) is 17.2. The first kappa shape index (κ1) is 20.7. The summed E-state index contributed by atoms with van der Waals surface area (Å²) in [6.07, 6.45) is 4.49. The summed E-state index contributed by atoms with van der Waals surface area (Å²) in [6.45, 7) is 0. The van der Waals surface area contributed by atoms with Crippen LogP contribution in [0.15, 0.2) is 68.5 Å². The number of thioether (sulfide) groups is 2. The SMILES string of the molecule is COC(=O)/C=C1/S/C(=N\N=Cc2ccc(-c3ccc(SC)cc3)cc2O)NC1=O. The number of ether oxygens (including phenoxy) is 1. The van der Waals surface area contributed by atoms with E-state index in [0.29, 0.717) is 5.56 Å². The first-order valence-corrected chi connectivity index (χ1v) is 10.4. The molecule has 0 unspecified atom stereocenters. The number of amides is 1. The molecule has 1 fully saturated rings. The van der Waals surface area contributed by atoms with Gasteiger partial charge in [-0.3, -0.25) is 10.1 Å². The van der Waals surface area contributed by atoms with Gasteiger partial charge in [-0.2, -0.15) is 5.10 Å². The number of hydrogen-bond donors (Lipinski definition) is 2. The van der Waals surface area contributed by atoms with E-state index in [9.17, 15) is 14.7 Å². The number of nitrogens with one attached hydrogen (secondary N) is 1. The summed E-state index contributed by atoms with van der Waals surface area (Å²) in [5, 5.41) is 20.8. The van der Waals surface area contributed by atoms with Crippen LogP contribution in [0.2, 0.25) is 0 Å². The van der Waals surface area contributed by atoms with Gasteiger partial charge in [0.05, 0.1) is 18.2 Å². The van der Waals surface area contributed by atoms with Gasteiger partial charge in [0.15, 0.2) is 5.17 Å². The van der Waals surface area contributed by atoms with Crippen molar-refractivity contribution in [3.8, 4) is 16.9 Å². The highest BCUT2D eigenvalue weighted by Gasteiger charge is 2.25. The number of phenolic OH excluding ortho intramolecular Hbond substituents is 1. The van der Waals surface area contributed by atoms with Gasteiger partial charge in [0, 0.05) is 16.5 Å². The van der Waals surface area contributed by atoms with Gasteiger partial charge in [0.2, 0.25) is 0 Å². The van der Waals surface area contributed by atoms with E-state index in [1.807, 2.05) is 36.6 Å². The van der Waals surface area contributed by atoms with Gasteiger partial charge in [0.1, 0.15) is 5.75 Å². The fourth-order valence-corrected chi connectivity index (χ4v) is 3.55. The largest absolute Gasteiger partial charge is 0.507 e. The fourth-order valence-electron chi connectivity index (χ4n) is 2.40. The third-order valence-corrected chi connectivity index (χ3v) is 5.54. The molecule has 1 heterocycles. The van der Waals surface area contributed by atoms with Gasteiger partial charge in [0.25, 0.3) is 5.91 Å². The maximum atomic E-state index is 11.8. The van der Waals surface area contributed by atoms with Gasteiger partial charge in [-0.1, -0.05) is 18.2 Å². The predicted molar refractivity (Wildman–Crippen MR) is 116 cm³/mol. The van der Waals surface area contributed by atoms with E-state index < -0.39 is 11.9 Å². The number of amidine groups is 1. The van der Waals surface area contributed by atoms with Crippen LogP contribution in [0.5, 0.6) is 5.75 Å². The highest BCUT2D eigenvalue weighted by atomic mass is 32.2. The molecule has 1 saturated heterocycles. The molecule has 3 rings (SSSR count). The van der Waals surface area contributed by atoms with E-state index in [1.54, 1.807) is 23.9 Å². The average molecular weight is 428 g/mol. The Morgan fingerprint density at radius 2 is 1.93 bits per heavy atom. The lowest BCUT2D eigenvalue weighted by atomic mass is 10.0. The highest BCUT2D eigenvalue weighted by Crippen LogP contribution is 2.28. The van der Waals surface area contributed by atoms with Crippen molar-refractivity contribution in [3.05, 3.63) is 59.0 Å². The minimum Gasteiger partial charge on any atom is -0.507 e. The Morgan fingerprint density at radius 3 is 2.59 bits per heavy atom. The lowest BCUT2D eigenvalue weighted by molar-refractivity contribution is -0.135. The number of nitrogens with zero attached hydrogens (tertiary/aromatic N) is 2. The number of benzene rings is 2. The van der Waals surface area contributed by atoms with Gasteiger partial charge in [-0.25, -0.2) is 4.79 Å². The van der Waals surface area contributed by atoms with Crippen molar-refractivity contribution in [2.45, 2.75) is 4.90 Å². The van der Waals surface area contributed by atoms with Crippen LogP contribution in [-0.2, 0) is 14.3 Å². The van der Waals surface area contributed by atoms with Crippen molar-refractivity contribution in [1.82, 2.24) is 5.32 Å². The molecular formula is C20H17N3O4S2. The maximum absolute atomic E-state index is 11.8. The quantitative estimate of drug-likeness (QED) is 0.249. The second kappa shape index (κ2) is 9.44. The van der Waals surface area contributed by atoms with Crippen LogP contribution < -0.4 is 5.32 Å². The summed E-state index contributed by atoms with van der Waals surface area (Å²) < 4.78 is 4.49. The zero-order chi connectivity index (χ0) is 20.8. The summed E-state index contributed by atoms with van der Waals surface area (Å²) in [5.74, 6) is -1.01.